The molecule has 1 fully saturated rings. The van der Waals surface area contributed by atoms with Crippen molar-refractivity contribution in [2.45, 2.75) is 38.1 Å². The molecule has 2 heteroatoms. The van der Waals surface area contributed by atoms with Crippen molar-refractivity contribution in [3.05, 3.63) is 35.5 Å². The van der Waals surface area contributed by atoms with Gasteiger partial charge in [0.15, 0.2) is 6.29 Å². The first kappa shape index (κ1) is 10.4. The van der Waals surface area contributed by atoms with Crippen LogP contribution in [0.25, 0.3) is 10.9 Å². The van der Waals surface area contributed by atoms with Crippen LogP contribution < -0.4 is 0 Å². The number of aromatic nitrogens is 1. The first-order valence-electron chi connectivity index (χ1n) is 6.95. The van der Waals surface area contributed by atoms with Crippen molar-refractivity contribution in [3.8, 4) is 0 Å². The second-order valence-corrected chi connectivity index (χ2v) is 5.77. The van der Waals surface area contributed by atoms with Gasteiger partial charge in [-0.3, -0.25) is 4.79 Å². The number of carbonyl (C=O) groups is 1. The highest BCUT2D eigenvalue weighted by Gasteiger charge is 2.34. The van der Waals surface area contributed by atoms with E-state index in [-0.39, 0.29) is 0 Å². The van der Waals surface area contributed by atoms with E-state index in [2.05, 4.69) is 22.8 Å². The van der Waals surface area contributed by atoms with Crippen molar-refractivity contribution in [3.63, 3.8) is 0 Å². The van der Waals surface area contributed by atoms with E-state index in [1.807, 2.05) is 6.07 Å². The molecule has 2 aliphatic rings. The van der Waals surface area contributed by atoms with E-state index < -0.39 is 0 Å². The van der Waals surface area contributed by atoms with E-state index in [1.165, 1.54) is 36.9 Å². The van der Waals surface area contributed by atoms with Crippen LogP contribution >= 0.6 is 0 Å². The number of hydrogen-bond acceptors (Lipinski definition) is 1. The minimum absolute atomic E-state index is 0.616. The fraction of sp³-hybridized carbons (Fsp3) is 0.438. The monoisotopic (exact) mass is 239 g/mol. The maximum Gasteiger partial charge on any atom is 0.152 e. The largest absolute Gasteiger partial charge is 0.343 e. The Hall–Kier alpha value is -1.57. The Bertz CT molecular complexity index is 625. The maximum absolute atomic E-state index is 11.5. The highest BCUT2D eigenvalue weighted by atomic mass is 16.1. The molecule has 0 spiro atoms. The number of carbonyl (C=O) groups excluding carboxylic acids is 1. The zero-order valence-electron chi connectivity index (χ0n) is 10.4. The molecule has 1 aromatic carbocycles. The lowest BCUT2D eigenvalue weighted by Crippen LogP contribution is -2.27. The fourth-order valence-corrected chi connectivity index (χ4v) is 4.07. The molecular formula is C16H17NO. The van der Waals surface area contributed by atoms with Crippen LogP contribution in [0.5, 0.6) is 0 Å². The SMILES string of the molecule is O=Cc1c2n(c3ccccc13)CC1CCCC2C1. The van der Waals surface area contributed by atoms with Gasteiger partial charge in [-0.05, 0) is 31.2 Å². The van der Waals surface area contributed by atoms with E-state index in [9.17, 15) is 4.79 Å². The average Bonchev–Trinajstić information content (AvgIpc) is 2.73. The molecule has 2 heterocycles. The fourth-order valence-electron chi connectivity index (χ4n) is 4.07. The standard InChI is InChI=1S/C16H17NO/c18-10-14-13-6-1-2-7-15(13)17-9-11-4-3-5-12(8-11)16(14)17/h1-2,6-7,10-12H,3-5,8-9H2. The van der Waals surface area contributed by atoms with Crippen LogP contribution in [0.15, 0.2) is 24.3 Å². The Morgan fingerprint density at radius 2 is 2.11 bits per heavy atom. The molecule has 1 aromatic heterocycles. The summed E-state index contributed by atoms with van der Waals surface area (Å²) in [4.78, 5) is 11.5. The number of hydrogen-bond donors (Lipinski definition) is 0. The molecule has 2 bridgehead atoms. The lowest BCUT2D eigenvalue weighted by molar-refractivity contribution is 0.112. The Morgan fingerprint density at radius 1 is 1.22 bits per heavy atom. The minimum Gasteiger partial charge on any atom is -0.343 e. The second-order valence-electron chi connectivity index (χ2n) is 5.77. The molecule has 92 valence electrons. The Morgan fingerprint density at radius 3 is 3.00 bits per heavy atom. The predicted molar refractivity (Wildman–Crippen MR) is 72.0 cm³/mol. The lowest BCUT2D eigenvalue weighted by atomic mass is 9.76. The van der Waals surface area contributed by atoms with Crippen molar-refractivity contribution >= 4 is 17.2 Å². The number of benzene rings is 1. The van der Waals surface area contributed by atoms with Gasteiger partial charge in [-0.2, -0.15) is 0 Å². The highest BCUT2D eigenvalue weighted by molar-refractivity contribution is 5.99. The summed E-state index contributed by atoms with van der Waals surface area (Å²) in [6.07, 6.45) is 6.31. The summed E-state index contributed by atoms with van der Waals surface area (Å²) >= 11 is 0. The average molecular weight is 239 g/mol. The third kappa shape index (κ3) is 1.26. The quantitative estimate of drug-likeness (QED) is 0.695. The summed E-state index contributed by atoms with van der Waals surface area (Å²) in [5, 5.41) is 1.15. The van der Waals surface area contributed by atoms with E-state index >= 15 is 0 Å². The molecule has 1 saturated carbocycles. The van der Waals surface area contributed by atoms with Gasteiger partial charge in [0.1, 0.15) is 0 Å². The van der Waals surface area contributed by atoms with Crippen molar-refractivity contribution in [1.29, 1.82) is 0 Å². The van der Waals surface area contributed by atoms with E-state index in [0.29, 0.717) is 5.92 Å². The molecule has 0 N–H and O–H groups in total. The molecule has 18 heavy (non-hydrogen) atoms. The van der Waals surface area contributed by atoms with Crippen LogP contribution in [0.4, 0.5) is 0 Å². The second kappa shape index (κ2) is 3.71. The molecule has 1 aliphatic heterocycles. The van der Waals surface area contributed by atoms with Gasteiger partial charge in [0.05, 0.1) is 0 Å². The predicted octanol–water partition coefficient (Wildman–Crippen LogP) is 3.74. The summed E-state index contributed by atoms with van der Waals surface area (Å²) in [7, 11) is 0. The van der Waals surface area contributed by atoms with Crippen LogP contribution in [0.1, 0.15) is 47.7 Å². The molecule has 0 amide bonds. The highest BCUT2D eigenvalue weighted by Crippen LogP contribution is 2.45. The van der Waals surface area contributed by atoms with Gasteiger partial charge in [0, 0.05) is 34.6 Å². The summed E-state index contributed by atoms with van der Waals surface area (Å²) in [5.41, 5.74) is 3.53. The third-order valence-corrected chi connectivity index (χ3v) is 4.78. The van der Waals surface area contributed by atoms with Crippen LogP contribution in [0, 0.1) is 5.92 Å². The summed E-state index contributed by atoms with van der Waals surface area (Å²) in [5.74, 6) is 1.44. The normalized spacial score (nSPS) is 26.0. The molecule has 2 unspecified atom stereocenters. The molecule has 1 aliphatic carbocycles. The summed E-state index contributed by atoms with van der Waals surface area (Å²) in [6.45, 7) is 1.11. The van der Waals surface area contributed by atoms with Gasteiger partial charge in [-0.15, -0.1) is 0 Å². The van der Waals surface area contributed by atoms with Crippen LogP contribution in [0.2, 0.25) is 0 Å². The molecule has 2 nitrogen and oxygen atoms in total. The molecular weight excluding hydrogens is 222 g/mol. The summed E-state index contributed by atoms with van der Waals surface area (Å²) < 4.78 is 2.43. The molecule has 0 radical (unpaired) electrons. The molecule has 4 rings (SSSR count). The Balaban J connectivity index is 2.06. The van der Waals surface area contributed by atoms with Gasteiger partial charge in [0.2, 0.25) is 0 Å². The first-order valence-corrected chi connectivity index (χ1v) is 6.95. The van der Waals surface area contributed by atoms with Gasteiger partial charge < -0.3 is 4.57 Å². The zero-order chi connectivity index (χ0) is 12.1. The number of fused-ring (bicyclic) bond motifs is 6. The van der Waals surface area contributed by atoms with Crippen molar-refractivity contribution in [2.24, 2.45) is 5.92 Å². The van der Waals surface area contributed by atoms with Gasteiger partial charge in [-0.1, -0.05) is 24.6 Å². The number of aldehydes is 1. The molecule has 2 aromatic rings. The smallest absolute Gasteiger partial charge is 0.152 e. The van der Waals surface area contributed by atoms with Crippen LogP contribution in [-0.2, 0) is 6.54 Å². The molecule has 2 atom stereocenters. The number of rotatable bonds is 1. The Labute approximate surface area is 107 Å². The van der Waals surface area contributed by atoms with Gasteiger partial charge in [-0.25, -0.2) is 0 Å². The lowest BCUT2D eigenvalue weighted by Gasteiger charge is -2.36. The van der Waals surface area contributed by atoms with Crippen molar-refractivity contribution in [2.75, 3.05) is 0 Å². The van der Waals surface area contributed by atoms with E-state index in [0.717, 1.165) is 29.7 Å². The van der Waals surface area contributed by atoms with Gasteiger partial charge in [0.25, 0.3) is 0 Å². The zero-order valence-corrected chi connectivity index (χ0v) is 10.4. The van der Waals surface area contributed by atoms with Crippen molar-refractivity contribution in [1.82, 2.24) is 4.57 Å². The third-order valence-electron chi connectivity index (χ3n) is 4.78. The maximum atomic E-state index is 11.5. The number of para-hydroxylation sites is 1. The summed E-state index contributed by atoms with van der Waals surface area (Å²) in [6, 6.07) is 8.36. The van der Waals surface area contributed by atoms with E-state index in [1.54, 1.807) is 0 Å². The first-order chi connectivity index (χ1) is 8.88. The molecule has 0 saturated heterocycles. The van der Waals surface area contributed by atoms with E-state index in [4.69, 9.17) is 0 Å². The topological polar surface area (TPSA) is 22.0 Å². The van der Waals surface area contributed by atoms with Crippen molar-refractivity contribution < 1.29 is 4.79 Å². The van der Waals surface area contributed by atoms with Crippen LogP contribution in [-0.4, -0.2) is 10.9 Å². The minimum atomic E-state index is 0.616. The number of nitrogens with zero attached hydrogens (tertiary/aromatic N) is 1. The Kier molecular flexibility index (Phi) is 2.14. The van der Waals surface area contributed by atoms with Gasteiger partial charge >= 0.3 is 0 Å². The van der Waals surface area contributed by atoms with Crippen LogP contribution in [0.3, 0.4) is 0 Å².